The zero-order chi connectivity index (χ0) is 18.5. The highest BCUT2D eigenvalue weighted by atomic mass is 35.5. The summed E-state index contributed by atoms with van der Waals surface area (Å²) in [5, 5.41) is 3.87. The maximum Gasteiger partial charge on any atom is 0.234 e. The fraction of sp³-hybridized carbons (Fsp3) is 0.409. The molecule has 2 aromatic carbocycles. The number of nitrogens with one attached hydrogen (secondary N) is 1. The van der Waals surface area contributed by atoms with E-state index in [1.54, 1.807) is 0 Å². The average Bonchev–Trinajstić information content (AvgIpc) is 2.87. The van der Waals surface area contributed by atoms with E-state index in [1.807, 2.05) is 32.0 Å². The number of halogens is 1. The molecule has 0 unspecified atom stereocenters. The molecule has 1 fully saturated rings. The Labute approximate surface area is 160 Å². The molecule has 0 aromatic heterocycles. The van der Waals surface area contributed by atoms with Gasteiger partial charge in [-0.3, -0.25) is 4.79 Å². The molecule has 0 bridgehead atoms. The van der Waals surface area contributed by atoms with Crippen LogP contribution >= 0.6 is 11.6 Å². The first-order valence-electron chi connectivity index (χ1n) is 9.34. The number of hydrogen-bond donors (Lipinski definition) is 1. The molecule has 4 rings (SSSR count). The molecule has 1 N–H and O–H groups in total. The molecular weight excluding hydrogens is 344 g/mol. The second-order valence-corrected chi connectivity index (χ2v) is 8.46. The Morgan fingerprint density at radius 1 is 1.15 bits per heavy atom. The zero-order valence-corrected chi connectivity index (χ0v) is 16.4. The molecule has 4 heteroatoms. The van der Waals surface area contributed by atoms with Crippen LogP contribution in [0, 0.1) is 6.92 Å². The molecule has 0 atom stereocenters. The summed E-state index contributed by atoms with van der Waals surface area (Å²) >= 11 is 6.17. The molecule has 26 heavy (non-hydrogen) atoms. The second-order valence-electron chi connectivity index (χ2n) is 8.05. The first-order valence-corrected chi connectivity index (χ1v) is 9.71. The monoisotopic (exact) mass is 368 g/mol. The first-order chi connectivity index (χ1) is 12.4. The smallest absolute Gasteiger partial charge is 0.234 e. The summed E-state index contributed by atoms with van der Waals surface area (Å²) in [7, 11) is 0. The molecule has 0 aliphatic carbocycles. The highest BCUT2D eigenvalue weighted by Gasteiger charge is 2.41. The topological polar surface area (TPSA) is 32.3 Å². The Hall–Kier alpha value is -2.00. The predicted molar refractivity (Wildman–Crippen MR) is 108 cm³/mol. The Morgan fingerprint density at radius 3 is 2.58 bits per heavy atom. The van der Waals surface area contributed by atoms with Gasteiger partial charge in [0, 0.05) is 35.1 Å². The Kier molecular flexibility index (Phi) is 4.23. The van der Waals surface area contributed by atoms with Gasteiger partial charge in [0.1, 0.15) is 0 Å². The third-order valence-corrected chi connectivity index (χ3v) is 6.40. The van der Waals surface area contributed by atoms with Gasteiger partial charge in [-0.05, 0) is 68.9 Å². The van der Waals surface area contributed by atoms with Gasteiger partial charge in [-0.25, -0.2) is 0 Å². The summed E-state index contributed by atoms with van der Waals surface area (Å²) in [4.78, 5) is 14.8. The Bertz CT molecular complexity index is 866. The van der Waals surface area contributed by atoms with Gasteiger partial charge < -0.3 is 10.2 Å². The van der Waals surface area contributed by atoms with Gasteiger partial charge in [0.25, 0.3) is 0 Å². The number of piperidine rings is 1. The molecular formula is C22H25ClN2O. The number of anilines is 2. The van der Waals surface area contributed by atoms with Crippen molar-refractivity contribution >= 4 is 28.9 Å². The lowest BCUT2D eigenvalue weighted by atomic mass is 9.83. The van der Waals surface area contributed by atoms with Crippen LogP contribution in [0.1, 0.15) is 49.3 Å². The van der Waals surface area contributed by atoms with Gasteiger partial charge in [0.05, 0.1) is 5.41 Å². The number of hydrogen-bond acceptors (Lipinski definition) is 2. The van der Waals surface area contributed by atoms with Crippen LogP contribution < -0.4 is 10.2 Å². The number of nitrogens with zero attached hydrogens (tertiary/aromatic N) is 1. The van der Waals surface area contributed by atoms with Crippen LogP contribution in [-0.4, -0.2) is 19.0 Å². The van der Waals surface area contributed by atoms with Gasteiger partial charge in [0.2, 0.25) is 5.91 Å². The SMILES string of the molecule is Cc1cc(C2CCN(c3cccc4c3C(C)(C)C(=O)N4)CC2)ccc1Cl. The van der Waals surface area contributed by atoms with E-state index in [0.29, 0.717) is 5.92 Å². The number of benzene rings is 2. The van der Waals surface area contributed by atoms with Crippen molar-refractivity contribution in [2.24, 2.45) is 0 Å². The lowest BCUT2D eigenvalue weighted by molar-refractivity contribution is -0.119. The third-order valence-electron chi connectivity index (χ3n) is 5.97. The number of amides is 1. The maximum absolute atomic E-state index is 12.3. The minimum absolute atomic E-state index is 0.0893. The fourth-order valence-corrected chi connectivity index (χ4v) is 4.45. The van der Waals surface area contributed by atoms with Crippen molar-refractivity contribution in [1.82, 2.24) is 0 Å². The van der Waals surface area contributed by atoms with E-state index in [9.17, 15) is 4.79 Å². The highest BCUT2D eigenvalue weighted by molar-refractivity contribution is 6.31. The van der Waals surface area contributed by atoms with Crippen LogP contribution in [0.5, 0.6) is 0 Å². The van der Waals surface area contributed by atoms with E-state index in [1.165, 1.54) is 11.3 Å². The van der Waals surface area contributed by atoms with Crippen molar-refractivity contribution in [3.05, 3.63) is 58.1 Å². The highest BCUT2D eigenvalue weighted by Crippen LogP contribution is 2.44. The molecule has 0 radical (unpaired) electrons. The molecule has 2 aliphatic rings. The maximum atomic E-state index is 12.3. The van der Waals surface area contributed by atoms with Crippen molar-refractivity contribution in [2.45, 2.75) is 44.9 Å². The molecule has 3 nitrogen and oxygen atoms in total. The van der Waals surface area contributed by atoms with Crippen molar-refractivity contribution in [3.63, 3.8) is 0 Å². The number of carbonyl (C=O) groups excluding carboxylic acids is 1. The van der Waals surface area contributed by atoms with Crippen LogP contribution in [0.3, 0.4) is 0 Å². The standard InChI is InChI=1S/C22H25ClN2O/c1-14-13-16(7-8-17(14)23)15-9-11-25(12-10-15)19-6-4-5-18-20(19)22(2,3)21(26)24-18/h4-8,13,15H,9-12H2,1-3H3,(H,24,26). The summed E-state index contributed by atoms with van der Waals surface area (Å²) in [5.74, 6) is 0.665. The zero-order valence-electron chi connectivity index (χ0n) is 15.6. The molecule has 2 aliphatic heterocycles. The van der Waals surface area contributed by atoms with Crippen LogP contribution in [-0.2, 0) is 10.2 Å². The van der Waals surface area contributed by atoms with Crippen molar-refractivity contribution < 1.29 is 4.79 Å². The summed E-state index contributed by atoms with van der Waals surface area (Å²) in [5.41, 5.74) is 5.38. The summed E-state index contributed by atoms with van der Waals surface area (Å²) in [6.07, 6.45) is 2.24. The van der Waals surface area contributed by atoms with Gasteiger partial charge in [0.15, 0.2) is 0 Å². The summed E-state index contributed by atoms with van der Waals surface area (Å²) < 4.78 is 0. The number of rotatable bonds is 2. The third kappa shape index (κ3) is 2.79. The van der Waals surface area contributed by atoms with E-state index in [4.69, 9.17) is 11.6 Å². The van der Waals surface area contributed by atoms with E-state index in [-0.39, 0.29) is 5.91 Å². The summed E-state index contributed by atoms with van der Waals surface area (Å²) in [6, 6.07) is 12.6. The van der Waals surface area contributed by atoms with Crippen molar-refractivity contribution in [2.75, 3.05) is 23.3 Å². The van der Waals surface area contributed by atoms with Gasteiger partial charge in [-0.1, -0.05) is 29.8 Å². The first kappa shape index (κ1) is 17.4. The van der Waals surface area contributed by atoms with Gasteiger partial charge >= 0.3 is 0 Å². The molecule has 1 saturated heterocycles. The molecule has 1 amide bonds. The minimum atomic E-state index is -0.476. The van der Waals surface area contributed by atoms with Crippen LogP contribution in [0.4, 0.5) is 11.4 Å². The fourth-order valence-electron chi connectivity index (χ4n) is 4.33. The van der Waals surface area contributed by atoms with E-state index < -0.39 is 5.41 Å². The van der Waals surface area contributed by atoms with Crippen LogP contribution in [0.2, 0.25) is 5.02 Å². The van der Waals surface area contributed by atoms with E-state index in [0.717, 1.165) is 47.8 Å². The number of fused-ring (bicyclic) bond motifs is 1. The normalized spacial score (nSPS) is 19.4. The number of carbonyl (C=O) groups is 1. The summed E-state index contributed by atoms with van der Waals surface area (Å²) in [6.45, 7) is 8.11. The lowest BCUT2D eigenvalue weighted by Crippen LogP contribution is -2.35. The van der Waals surface area contributed by atoms with Crippen molar-refractivity contribution in [1.29, 1.82) is 0 Å². The average molecular weight is 369 g/mol. The molecule has 2 aromatic rings. The molecule has 0 spiro atoms. The molecule has 0 saturated carbocycles. The van der Waals surface area contributed by atoms with Crippen molar-refractivity contribution in [3.8, 4) is 0 Å². The van der Waals surface area contributed by atoms with E-state index in [2.05, 4.69) is 35.3 Å². The van der Waals surface area contributed by atoms with Gasteiger partial charge in [-0.15, -0.1) is 0 Å². The second kappa shape index (κ2) is 6.31. The predicted octanol–water partition coefficient (Wildman–Crippen LogP) is 5.26. The molecule has 136 valence electrons. The van der Waals surface area contributed by atoms with Crippen LogP contribution in [0.15, 0.2) is 36.4 Å². The van der Waals surface area contributed by atoms with E-state index >= 15 is 0 Å². The Balaban J connectivity index is 1.56. The number of aryl methyl sites for hydroxylation is 1. The lowest BCUT2D eigenvalue weighted by Gasteiger charge is -2.36. The largest absolute Gasteiger partial charge is 0.371 e. The minimum Gasteiger partial charge on any atom is -0.371 e. The quantitative estimate of drug-likeness (QED) is 0.783. The van der Waals surface area contributed by atoms with Crippen LogP contribution in [0.25, 0.3) is 0 Å². The van der Waals surface area contributed by atoms with Gasteiger partial charge in [-0.2, -0.15) is 0 Å². The molecule has 2 heterocycles. The Morgan fingerprint density at radius 2 is 1.88 bits per heavy atom.